The van der Waals surface area contributed by atoms with Crippen molar-refractivity contribution in [3.63, 3.8) is 0 Å². The van der Waals surface area contributed by atoms with E-state index in [4.69, 9.17) is 5.26 Å². The molecule has 0 spiro atoms. The van der Waals surface area contributed by atoms with Gasteiger partial charge in [-0.25, -0.2) is 4.79 Å². The Kier molecular flexibility index (Phi) is 5.37. The van der Waals surface area contributed by atoms with Crippen LogP contribution in [0.5, 0.6) is 0 Å². The lowest BCUT2D eigenvalue weighted by Gasteiger charge is -1.98. The Morgan fingerprint density at radius 1 is 1.75 bits per heavy atom. The Morgan fingerprint density at radius 2 is 2.42 bits per heavy atom. The van der Waals surface area contributed by atoms with Crippen molar-refractivity contribution in [2.24, 2.45) is 0 Å². The van der Waals surface area contributed by atoms with Gasteiger partial charge in [0.05, 0.1) is 0 Å². The van der Waals surface area contributed by atoms with Gasteiger partial charge in [0.15, 0.2) is 0 Å². The molecule has 0 amide bonds. The summed E-state index contributed by atoms with van der Waals surface area (Å²) >= 11 is 0. The number of allylic oxidation sites excluding steroid dienone is 1. The third-order valence-electron chi connectivity index (χ3n) is 1.08. The van der Waals surface area contributed by atoms with Gasteiger partial charge in [0.1, 0.15) is 18.2 Å². The lowest BCUT2D eigenvalue weighted by Crippen LogP contribution is -2.06. The van der Waals surface area contributed by atoms with Crippen LogP contribution < -0.4 is 0 Å². The van der Waals surface area contributed by atoms with Crippen LogP contribution in [0, 0.1) is 11.3 Å². The molecule has 0 aliphatic heterocycles. The molecule has 64 valence electrons. The molecular weight excluding hydrogens is 154 g/mol. The summed E-state index contributed by atoms with van der Waals surface area (Å²) in [7, 11) is 0. The van der Waals surface area contributed by atoms with Crippen molar-refractivity contribution in [1.82, 2.24) is 0 Å². The van der Waals surface area contributed by atoms with Gasteiger partial charge >= 0.3 is 5.97 Å². The Balaban J connectivity index is 4.15. The van der Waals surface area contributed by atoms with Gasteiger partial charge in [0.2, 0.25) is 0 Å². The highest BCUT2D eigenvalue weighted by Gasteiger charge is 2.07. The third-order valence-corrected chi connectivity index (χ3v) is 1.08. The minimum atomic E-state index is -0.584. The molecule has 3 heteroatoms. The lowest BCUT2D eigenvalue weighted by atomic mass is 10.2. The first-order valence-corrected chi connectivity index (χ1v) is 3.64. The summed E-state index contributed by atoms with van der Waals surface area (Å²) < 4.78 is 4.65. The Hall–Kier alpha value is -1.56. The van der Waals surface area contributed by atoms with Crippen LogP contribution >= 0.6 is 0 Å². The summed E-state index contributed by atoms with van der Waals surface area (Å²) in [5, 5.41) is 8.48. The molecular formula is C9H11NO2. The van der Waals surface area contributed by atoms with Crippen LogP contribution in [-0.2, 0) is 9.53 Å². The molecule has 0 unspecified atom stereocenters. The van der Waals surface area contributed by atoms with E-state index in [1.807, 2.05) is 6.92 Å². The number of carbonyl (C=O) groups is 1. The van der Waals surface area contributed by atoms with E-state index in [1.54, 1.807) is 6.07 Å². The number of nitriles is 1. The first-order valence-electron chi connectivity index (χ1n) is 3.64. The van der Waals surface area contributed by atoms with E-state index in [1.165, 1.54) is 12.2 Å². The van der Waals surface area contributed by atoms with Gasteiger partial charge in [-0.15, -0.1) is 0 Å². The summed E-state index contributed by atoms with van der Waals surface area (Å²) in [4.78, 5) is 11.0. The molecule has 0 aromatic heterocycles. The molecule has 12 heavy (non-hydrogen) atoms. The van der Waals surface area contributed by atoms with Gasteiger partial charge in [0, 0.05) is 0 Å². The highest BCUT2D eigenvalue weighted by molar-refractivity contribution is 5.92. The van der Waals surface area contributed by atoms with Crippen molar-refractivity contribution in [1.29, 1.82) is 5.26 Å². The van der Waals surface area contributed by atoms with E-state index in [0.29, 0.717) is 6.42 Å². The molecule has 0 rings (SSSR count). The highest BCUT2D eigenvalue weighted by Crippen LogP contribution is 1.98. The number of ether oxygens (including phenoxy) is 1. The quantitative estimate of drug-likeness (QED) is 0.275. The Morgan fingerprint density at radius 3 is 2.83 bits per heavy atom. The fourth-order valence-electron chi connectivity index (χ4n) is 0.591. The van der Waals surface area contributed by atoms with Crippen LogP contribution in [0.25, 0.3) is 0 Å². The van der Waals surface area contributed by atoms with Gasteiger partial charge in [0.25, 0.3) is 0 Å². The van der Waals surface area contributed by atoms with Crippen LogP contribution in [0.1, 0.15) is 13.3 Å². The van der Waals surface area contributed by atoms with E-state index in [-0.39, 0.29) is 12.2 Å². The maximum Gasteiger partial charge on any atom is 0.348 e. The molecule has 0 aliphatic carbocycles. The van der Waals surface area contributed by atoms with Crippen LogP contribution in [0.15, 0.2) is 24.3 Å². The van der Waals surface area contributed by atoms with Gasteiger partial charge in [-0.3, -0.25) is 0 Å². The standard InChI is InChI=1S/C9H11NO2/c1-3-5-8(7-10)9(11)12-6-4-2/h4-5H,2-3,6H2,1H3. The Labute approximate surface area is 71.9 Å². The molecule has 0 aliphatic rings. The van der Waals surface area contributed by atoms with E-state index in [2.05, 4.69) is 11.3 Å². The van der Waals surface area contributed by atoms with Crippen LogP contribution in [-0.4, -0.2) is 12.6 Å². The van der Waals surface area contributed by atoms with Crippen LogP contribution in [0.4, 0.5) is 0 Å². The van der Waals surface area contributed by atoms with Crippen molar-refractivity contribution < 1.29 is 9.53 Å². The number of carbonyl (C=O) groups excluding carboxylic acids is 1. The monoisotopic (exact) mass is 165 g/mol. The predicted octanol–water partition coefficient (Wildman–Crippen LogP) is 1.58. The van der Waals surface area contributed by atoms with Crippen molar-refractivity contribution in [2.45, 2.75) is 13.3 Å². The highest BCUT2D eigenvalue weighted by atomic mass is 16.5. The zero-order chi connectivity index (χ0) is 9.40. The normalized spacial score (nSPS) is 10.2. The summed E-state index contributed by atoms with van der Waals surface area (Å²) in [6.45, 7) is 5.37. The number of hydrogen-bond acceptors (Lipinski definition) is 3. The van der Waals surface area contributed by atoms with Gasteiger partial charge in [-0.1, -0.05) is 25.7 Å². The van der Waals surface area contributed by atoms with Gasteiger partial charge < -0.3 is 4.74 Å². The molecule has 0 fully saturated rings. The zero-order valence-corrected chi connectivity index (χ0v) is 7.04. The molecule has 0 saturated heterocycles. The minimum absolute atomic E-state index is 0.0550. The molecule has 0 radical (unpaired) electrons. The molecule has 0 atom stereocenters. The zero-order valence-electron chi connectivity index (χ0n) is 7.04. The molecule has 0 aromatic carbocycles. The maximum atomic E-state index is 11.0. The van der Waals surface area contributed by atoms with Crippen LogP contribution in [0.3, 0.4) is 0 Å². The van der Waals surface area contributed by atoms with E-state index >= 15 is 0 Å². The van der Waals surface area contributed by atoms with E-state index in [9.17, 15) is 4.79 Å². The van der Waals surface area contributed by atoms with E-state index < -0.39 is 5.97 Å². The van der Waals surface area contributed by atoms with Crippen molar-refractivity contribution in [2.75, 3.05) is 6.61 Å². The average Bonchev–Trinajstić information content (AvgIpc) is 2.10. The molecule has 0 N–H and O–H groups in total. The largest absolute Gasteiger partial charge is 0.457 e. The fourth-order valence-corrected chi connectivity index (χ4v) is 0.591. The topological polar surface area (TPSA) is 50.1 Å². The molecule has 0 aromatic rings. The summed E-state index contributed by atoms with van der Waals surface area (Å²) in [6, 6.07) is 1.76. The predicted molar refractivity (Wildman–Crippen MR) is 45.1 cm³/mol. The number of esters is 1. The van der Waals surface area contributed by atoms with E-state index in [0.717, 1.165) is 0 Å². The molecule has 3 nitrogen and oxygen atoms in total. The second-order valence-electron chi connectivity index (χ2n) is 2.02. The van der Waals surface area contributed by atoms with Crippen LogP contribution in [0.2, 0.25) is 0 Å². The second kappa shape index (κ2) is 6.17. The molecule has 0 bridgehead atoms. The third kappa shape index (κ3) is 3.57. The van der Waals surface area contributed by atoms with Crippen molar-refractivity contribution in [3.8, 4) is 6.07 Å². The smallest absolute Gasteiger partial charge is 0.348 e. The lowest BCUT2D eigenvalue weighted by molar-refractivity contribution is -0.137. The molecule has 0 heterocycles. The summed E-state index contributed by atoms with van der Waals surface area (Å²) in [6.07, 6.45) is 3.64. The van der Waals surface area contributed by atoms with Gasteiger partial charge in [-0.05, 0) is 6.42 Å². The number of nitrogens with zero attached hydrogens (tertiary/aromatic N) is 1. The second-order valence-corrected chi connectivity index (χ2v) is 2.02. The molecule has 0 saturated carbocycles. The van der Waals surface area contributed by atoms with Crippen molar-refractivity contribution in [3.05, 3.63) is 24.3 Å². The summed E-state index contributed by atoms with van der Waals surface area (Å²) in [5.74, 6) is -0.584. The summed E-state index contributed by atoms with van der Waals surface area (Å²) in [5.41, 5.74) is 0.0550. The SMILES string of the molecule is C=CCOC(=O)C(C#N)=CCC. The first-order chi connectivity index (χ1) is 5.76. The number of hydrogen-bond donors (Lipinski definition) is 0. The average molecular weight is 165 g/mol. The Bertz CT molecular complexity index is 235. The van der Waals surface area contributed by atoms with Crippen molar-refractivity contribution >= 4 is 5.97 Å². The first kappa shape index (κ1) is 10.4. The number of rotatable bonds is 4. The van der Waals surface area contributed by atoms with Gasteiger partial charge in [-0.2, -0.15) is 5.26 Å². The minimum Gasteiger partial charge on any atom is -0.457 e. The maximum absolute atomic E-state index is 11.0. The fraction of sp³-hybridized carbons (Fsp3) is 0.333.